The first kappa shape index (κ1) is 16.9. The Bertz CT molecular complexity index is 666. The van der Waals surface area contributed by atoms with Gasteiger partial charge in [-0.15, -0.1) is 0 Å². The van der Waals surface area contributed by atoms with E-state index in [1.165, 1.54) is 18.2 Å². The van der Waals surface area contributed by atoms with Gasteiger partial charge in [-0.1, -0.05) is 31.2 Å². The summed E-state index contributed by atoms with van der Waals surface area (Å²) in [4.78, 5) is 11.8. The molecule has 0 spiro atoms. The van der Waals surface area contributed by atoms with Crippen molar-refractivity contribution in [1.82, 2.24) is 0 Å². The van der Waals surface area contributed by atoms with Gasteiger partial charge < -0.3 is 10.1 Å². The fraction of sp³-hybridized carbons (Fsp3) is 0.235. The second-order valence-corrected chi connectivity index (χ2v) is 4.88. The van der Waals surface area contributed by atoms with Gasteiger partial charge in [0, 0.05) is 0 Å². The van der Waals surface area contributed by atoms with E-state index in [0.717, 1.165) is 18.1 Å². The number of aryl methyl sites for hydroxylation is 1. The van der Waals surface area contributed by atoms with Crippen LogP contribution in [0.1, 0.15) is 18.1 Å². The average Bonchev–Trinajstić information content (AvgIpc) is 2.53. The molecule has 122 valence electrons. The van der Waals surface area contributed by atoms with Crippen LogP contribution in [-0.4, -0.2) is 12.5 Å². The first-order valence-electron chi connectivity index (χ1n) is 7.08. The summed E-state index contributed by atoms with van der Waals surface area (Å²) in [7, 11) is 0. The highest BCUT2D eigenvalue weighted by molar-refractivity contribution is 5.92. The minimum atomic E-state index is -4.53. The van der Waals surface area contributed by atoms with Gasteiger partial charge in [-0.3, -0.25) is 4.79 Å². The molecule has 0 unspecified atom stereocenters. The van der Waals surface area contributed by atoms with Crippen molar-refractivity contribution in [3.05, 3.63) is 59.7 Å². The Labute approximate surface area is 132 Å². The number of halogens is 3. The predicted octanol–water partition coefficient (Wildman–Crippen LogP) is 4.29. The summed E-state index contributed by atoms with van der Waals surface area (Å²) in [6, 6.07) is 12.0. The molecular weight excluding hydrogens is 307 g/mol. The number of benzene rings is 2. The second kappa shape index (κ2) is 7.17. The molecule has 0 aromatic heterocycles. The van der Waals surface area contributed by atoms with Crippen LogP contribution in [0.3, 0.4) is 0 Å². The molecule has 0 atom stereocenters. The van der Waals surface area contributed by atoms with Crippen LogP contribution in [-0.2, 0) is 17.4 Å². The molecule has 2 aromatic rings. The third-order valence-corrected chi connectivity index (χ3v) is 3.21. The van der Waals surface area contributed by atoms with E-state index in [1.807, 2.05) is 19.1 Å². The van der Waals surface area contributed by atoms with Crippen molar-refractivity contribution in [2.45, 2.75) is 19.5 Å². The van der Waals surface area contributed by atoms with Crippen LogP contribution in [0.15, 0.2) is 48.5 Å². The molecule has 2 rings (SSSR count). The molecule has 0 saturated carbocycles. The number of hydrogen-bond donors (Lipinski definition) is 1. The van der Waals surface area contributed by atoms with Crippen LogP contribution >= 0.6 is 0 Å². The van der Waals surface area contributed by atoms with Crippen LogP contribution < -0.4 is 10.1 Å². The third kappa shape index (κ3) is 4.74. The monoisotopic (exact) mass is 323 g/mol. The van der Waals surface area contributed by atoms with E-state index in [2.05, 4.69) is 5.32 Å². The van der Waals surface area contributed by atoms with Gasteiger partial charge in [-0.25, -0.2) is 0 Å². The smallest absolute Gasteiger partial charge is 0.418 e. The molecule has 0 saturated heterocycles. The van der Waals surface area contributed by atoms with Crippen LogP contribution in [0.25, 0.3) is 0 Å². The zero-order valence-electron chi connectivity index (χ0n) is 12.5. The zero-order chi connectivity index (χ0) is 16.9. The number of anilines is 1. The molecule has 2 aromatic carbocycles. The Balaban J connectivity index is 1.97. The van der Waals surface area contributed by atoms with Crippen molar-refractivity contribution in [1.29, 1.82) is 0 Å². The van der Waals surface area contributed by atoms with Gasteiger partial charge in [0.05, 0.1) is 11.3 Å². The molecule has 1 amide bonds. The number of hydrogen-bond acceptors (Lipinski definition) is 2. The van der Waals surface area contributed by atoms with Gasteiger partial charge in [0.1, 0.15) is 5.75 Å². The Kier molecular flexibility index (Phi) is 5.26. The second-order valence-electron chi connectivity index (χ2n) is 4.88. The first-order valence-corrected chi connectivity index (χ1v) is 7.08. The van der Waals surface area contributed by atoms with E-state index in [4.69, 9.17) is 4.74 Å². The van der Waals surface area contributed by atoms with E-state index in [9.17, 15) is 18.0 Å². The molecule has 0 fully saturated rings. The third-order valence-electron chi connectivity index (χ3n) is 3.21. The van der Waals surface area contributed by atoms with E-state index in [0.29, 0.717) is 5.75 Å². The molecule has 0 aliphatic carbocycles. The number of amides is 1. The molecule has 0 heterocycles. The average molecular weight is 323 g/mol. The lowest BCUT2D eigenvalue weighted by Gasteiger charge is -2.13. The maximum Gasteiger partial charge on any atom is 0.418 e. The Hall–Kier alpha value is -2.50. The van der Waals surface area contributed by atoms with E-state index < -0.39 is 17.6 Å². The van der Waals surface area contributed by atoms with Crippen molar-refractivity contribution in [3.63, 3.8) is 0 Å². The Morgan fingerprint density at radius 1 is 1.09 bits per heavy atom. The molecule has 0 bridgehead atoms. The maximum absolute atomic E-state index is 12.8. The van der Waals surface area contributed by atoms with Crippen LogP contribution in [0.4, 0.5) is 18.9 Å². The number of nitrogens with one attached hydrogen (secondary N) is 1. The summed E-state index contributed by atoms with van der Waals surface area (Å²) in [6.45, 7) is 1.65. The Morgan fingerprint density at radius 2 is 1.74 bits per heavy atom. The number of alkyl halides is 3. The quantitative estimate of drug-likeness (QED) is 0.891. The molecule has 1 N–H and O–H groups in total. The lowest BCUT2D eigenvalue weighted by atomic mass is 10.1. The summed E-state index contributed by atoms with van der Waals surface area (Å²) >= 11 is 0. The number of rotatable bonds is 5. The van der Waals surface area contributed by atoms with Crippen molar-refractivity contribution in [2.75, 3.05) is 11.9 Å². The van der Waals surface area contributed by atoms with E-state index in [1.54, 1.807) is 12.1 Å². The van der Waals surface area contributed by atoms with Crippen LogP contribution in [0.5, 0.6) is 5.75 Å². The lowest BCUT2D eigenvalue weighted by molar-refractivity contribution is -0.137. The molecule has 0 aliphatic rings. The van der Waals surface area contributed by atoms with Crippen molar-refractivity contribution in [2.24, 2.45) is 0 Å². The SMILES string of the molecule is CCc1ccc(OCC(=O)Nc2ccccc2C(F)(F)F)cc1. The number of carbonyl (C=O) groups is 1. The predicted molar refractivity (Wildman–Crippen MR) is 81.4 cm³/mol. The molecule has 23 heavy (non-hydrogen) atoms. The van der Waals surface area contributed by atoms with Crippen LogP contribution in [0, 0.1) is 0 Å². The van der Waals surface area contributed by atoms with Gasteiger partial charge in [0.15, 0.2) is 6.61 Å². The number of para-hydroxylation sites is 1. The standard InChI is InChI=1S/C17H16F3NO2/c1-2-12-7-9-13(10-8-12)23-11-16(22)21-15-6-4-3-5-14(15)17(18,19)20/h3-10H,2,11H2,1H3,(H,21,22). The lowest BCUT2D eigenvalue weighted by Crippen LogP contribution is -2.22. The molecule has 0 aliphatic heterocycles. The molecular formula is C17H16F3NO2. The van der Waals surface area contributed by atoms with Crippen molar-refractivity contribution in [3.8, 4) is 5.75 Å². The van der Waals surface area contributed by atoms with Gasteiger partial charge in [-0.05, 0) is 36.2 Å². The van der Waals surface area contributed by atoms with E-state index >= 15 is 0 Å². The summed E-state index contributed by atoms with van der Waals surface area (Å²) in [5.74, 6) is -0.164. The Morgan fingerprint density at radius 3 is 2.35 bits per heavy atom. The van der Waals surface area contributed by atoms with Crippen molar-refractivity contribution < 1.29 is 22.7 Å². The highest BCUT2D eigenvalue weighted by Gasteiger charge is 2.33. The maximum atomic E-state index is 12.8. The highest BCUT2D eigenvalue weighted by Crippen LogP contribution is 2.34. The first-order chi connectivity index (χ1) is 10.9. The summed E-state index contributed by atoms with van der Waals surface area (Å²) < 4.78 is 43.8. The minimum absolute atomic E-state index is 0.282. The number of ether oxygens (including phenoxy) is 1. The van der Waals surface area contributed by atoms with Crippen molar-refractivity contribution >= 4 is 11.6 Å². The fourth-order valence-electron chi connectivity index (χ4n) is 2.00. The highest BCUT2D eigenvalue weighted by atomic mass is 19.4. The summed E-state index contributed by atoms with van der Waals surface area (Å²) in [5.41, 5.74) is -0.0449. The fourth-order valence-corrected chi connectivity index (χ4v) is 2.00. The summed E-state index contributed by atoms with van der Waals surface area (Å²) in [5, 5.41) is 2.23. The number of carbonyl (C=O) groups excluding carboxylic acids is 1. The van der Waals surface area contributed by atoms with Gasteiger partial charge in [0.25, 0.3) is 5.91 Å². The zero-order valence-corrected chi connectivity index (χ0v) is 12.5. The largest absolute Gasteiger partial charge is 0.484 e. The molecule has 6 heteroatoms. The molecule has 0 radical (unpaired) electrons. The topological polar surface area (TPSA) is 38.3 Å². The summed E-state index contributed by atoms with van der Waals surface area (Å²) in [6.07, 6.45) is -3.64. The molecule has 3 nitrogen and oxygen atoms in total. The van der Waals surface area contributed by atoms with Gasteiger partial charge in [0.2, 0.25) is 0 Å². The minimum Gasteiger partial charge on any atom is -0.484 e. The van der Waals surface area contributed by atoms with Crippen LogP contribution in [0.2, 0.25) is 0 Å². The van der Waals surface area contributed by atoms with Gasteiger partial charge >= 0.3 is 6.18 Å². The van der Waals surface area contributed by atoms with Gasteiger partial charge in [-0.2, -0.15) is 13.2 Å². The normalized spacial score (nSPS) is 11.1. The van der Waals surface area contributed by atoms with E-state index in [-0.39, 0.29) is 12.3 Å².